The van der Waals surface area contributed by atoms with Crippen LogP contribution in [0, 0.1) is 0 Å². The van der Waals surface area contributed by atoms with Crippen LogP contribution >= 0.6 is 0 Å². The molecule has 0 fully saturated rings. The molecule has 0 aliphatic rings. The number of methoxy groups -OCH3 is 1. The number of rotatable bonds is 9. The fourth-order valence-corrected chi connectivity index (χ4v) is 4.17. The van der Waals surface area contributed by atoms with E-state index in [2.05, 4.69) is 4.99 Å². The van der Waals surface area contributed by atoms with Gasteiger partial charge in [-0.25, -0.2) is 18.0 Å². The Morgan fingerprint density at radius 3 is 1.53 bits per heavy atom. The third-order valence-corrected chi connectivity index (χ3v) is 6.17. The summed E-state index contributed by atoms with van der Waals surface area (Å²) < 4.78 is 51.7. The van der Waals surface area contributed by atoms with Crippen molar-refractivity contribution in [2.45, 2.75) is 18.1 Å². The second-order valence-corrected chi connectivity index (χ2v) is 8.48. The zero-order valence-corrected chi connectivity index (χ0v) is 20.4. The summed E-state index contributed by atoms with van der Waals surface area (Å²) in [5, 5.41) is 0. The normalized spacial score (nSPS) is 13.3. The highest BCUT2D eigenvalue weighted by Crippen LogP contribution is 2.41. The number of ether oxygens (including phenoxy) is 1. The average Bonchev–Trinajstić information content (AvgIpc) is 2.98. The maximum atomic E-state index is 16.4. The van der Waals surface area contributed by atoms with Crippen LogP contribution in [-0.4, -0.2) is 37.2 Å². The summed E-state index contributed by atoms with van der Waals surface area (Å²) in [5.74, 6) is -1.82. The van der Waals surface area contributed by atoms with Crippen LogP contribution < -0.4 is 0 Å². The predicted octanol–water partition coefficient (Wildman–Crippen LogP) is 6.69. The number of ketones is 1. The van der Waals surface area contributed by atoms with E-state index >= 15 is 13.2 Å². The molecule has 0 aliphatic heterocycles. The summed E-state index contributed by atoms with van der Waals surface area (Å²) in [4.78, 5) is 29.7. The second kappa shape index (κ2) is 11.7. The SMILES string of the molecule is COC(=O)c1ccc(C(N=C(c2ccccc2)c2ccccc2)(C(F)F)C(F)C(=O)c2ccccc2)cc1. The Hall–Kier alpha value is -4.52. The van der Waals surface area contributed by atoms with Crippen LogP contribution in [0.1, 0.15) is 37.4 Å². The van der Waals surface area contributed by atoms with E-state index in [0.717, 1.165) is 0 Å². The number of carbonyl (C=O) groups is 2. The molecule has 0 aliphatic carbocycles. The Labute approximate surface area is 218 Å². The van der Waals surface area contributed by atoms with Gasteiger partial charge in [0, 0.05) is 16.7 Å². The van der Waals surface area contributed by atoms with E-state index in [1.807, 2.05) is 0 Å². The number of hydrogen-bond acceptors (Lipinski definition) is 4. The van der Waals surface area contributed by atoms with E-state index in [1.165, 1.54) is 55.6 Å². The molecule has 0 saturated heterocycles. The van der Waals surface area contributed by atoms with Gasteiger partial charge in [-0.15, -0.1) is 0 Å². The van der Waals surface area contributed by atoms with E-state index in [9.17, 15) is 9.59 Å². The van der Waals surface area contributed by atoms with Gasteiger partial charge >= 0.3 is 5.97 Å². The van der Waals surface area contributed by atoms with Crippen LogP contribution in [0.3, 0.4) is 0 Å². The summed E-state index contributed by atoms with van der Waals surface area (Å²) in [6.45, 7) is 0. The predicted molar refractivity (Wildman–Crippen MR) is 140 cm³/mol. The number of Topliss-reactive ketones (excluding diaryl/α,β-unsaturated/α-hetero) is 1. The molecule has 0 spiro atoms. The lowest BCUT2D eigenvalue weighted by Gasteiger charge is -2.33. The Bertz CT molecular complexity index is 1370. The van der Waals surface area contributed by atoms with Crippen LogP contribution in [0.4, 0.5) is 13.2 Å². The van der Waals surface area contributed by atoms with Crippen LogP contribution in [0.5, 0.6) is 0 Å². The molecule has 4 nitrogen and oxygen atoms in total. The van der Waals surface area contributed by atoms with Gasteiger partial charge in [-0.1, -0.05) is 103 Å². The monoisotopic (exact) mass is 515 g/mol. The van der Waals surface area contributed by atoms with Gasteiger partial charge in [0.05, 0.1) is 18.4 Å². The fourth-order valence-electron chi connectivity index (χ4n) is 4.17. The Balaban J connectivity index is 2.01. The van der Waals surface area contributed by atoms with Crippen molar-refractivity contribution in [3.05, 3.63) is 143 Å². The lowest BCUT2D eigenvalue weighted by Crippen LogP contribution is -2.47. The minimum Gasteiger partial charge on any atom is -0.465 e. The molecule has 2 atom stereocenters. The molecular weight excluding hydrogens is 491 g/mol. The van der Waals surface area contributed by atoms with Gasteiger partial charge in [0.2, 0.25) is 0 Å². The summed E-state index contributed by atoms with van der Waals surface area (Å²) in [6, 6.07) is 29.3. The molecule has 0 N–H and O–H groups in total. The number of nitrogens with zero attached hydrogens (tertiary/aromatic N) is 1. The summed E-state index contributed by atoms with van der Waals surface area (Å²) in [5.41, 5.74) is -2.15. The molecular formula is C31H24F3NO3. The summed E-state index contributed by atoms with van der Waals surface area (Å²) in [7, 11) is 1.19. The minimum atomic E-state index is -3.43. The van der Waals surface area contributed by atoms with E-state index < -0.39 is 29.9 Å². The largest absolute Gasteiger partial charge is 0.465 e. The van der Waals surface area contributed by atoms with Crippen molar-refractivity contribution in [2.75, 3.05) is 7.11 Å². The number of aliphatic imine (C=N–C) groups is 1. The standard InChI is InChI=1S/C31H24F3NO3/c1-38-29(37)24-17-19-25(20-18-24)31(30(33)34,28(32)27(36)23-15-9-4-10-16-23)35-26(21-11-5-2-6-12-21)22-13-7-3-8-14-22/h2-20,28,30H,1H3. The lowest BCUT2D eigenvalue weighted by atomic mass is 9.81. The van der Waals surface area contributed by atoms with Crippen molar-refractivity contribution in [1.29, 1.82) is 0 Å². The van der Waals surface area contributed by atoms with E-state index in [-0.39, 0.29) is 22.4 Å². The quantitative estimate of drug-likeness (QED) is 0.142. The summed E-state index contributed by atoms with van der Waals surface area (Å²) >= 11 is 0. The molecule has 0 heterocycles. The van der Waals surface area contributed by atoms with Crippen molar-refractivity contribution in [3.63, 3.8) is 0 Å². The minimum absolute atomic E-state index is 0.0626. The van der Waals surface area contributed by atoms with Crippen LogP contribution in [-0.2, 0) is 10.3 Å². The highest BCUT2D eigenvalue weighted by Gasteiger charge is 2.53. The summed E-state index contributed by atoms with van der Waals surface area (Å²) in [6.07, 6.45) is -6.19. The third-order valence-electron chi connectivity index (χ3n) is 6.17. The first-order valence-electron chi connectivity index (χ1n) is 11.8. The Morgan fingerprint density at radius 2 is 1.11 bits per heavy atom. The highest BCUT2D eigenvalue weighted by atomic mass is 19.3. The molecule has 192 valence electrons. The van der Waals surface area contributed by atoms with Crippen LogP contribution in [0.15, 0.2) is 120 Å². The topological polar surface area (TPSA) is 55.7 Å². The number of hydrogen-bond donors (Lipinski definition) is 0. The van der Waals surface area contributed by atoms with Gasteiger partial charge in [-0.3, -0.25) is 9.79 Å². The molecule has 4 aromatic carbocycles. The smallest absolute Gasteiger partial charge is 0.337 e. The van der Waals surface area contributed by atoms with Crippen molar-refractivity contribution in [1.82, 2.24) is 0 Å². The molecule has 2 unspecified atom stereocenters. The third kappa shape index (κ3) is 5.27. The fraction of sp³-hybridized carbons (Fsp3) is 0.129. The molecule has 0 radical (unpaired) electrons. The molecule has 38 heavy (non-hydrogen) atoms. The number of carbonyl (C=O) groups excluding carboxylic acids is 2. The van der Waals surface area contributed by atoms with Gasteiger partial charge in [-0.05, 0) is 17.7 Å². The molecule has 7 heteroatoms. The average molecular weight is 516 g/mol. The first-order chi connectivity index (χ1) is 18.4. The van der Waals surface area contributed by atoms with Gasteiger partial charge in [0.15, 0.2) is 17.5 Å². The van der Waals surface area contributed by atoms with Crippen molar-refractivity contribution < 1.29 is 27.5 Å². The zero-order chi connectivity index (χ0) is 27.1. The van der Waals surface area contributed by atoms with E-state index in [1.54, 1.807) is 66.7 Å². The molecule has 4 aromatic rings. The molecule has 0 aromatic heterocycles. The van der Waals surface area contributed by atoms with E-state index in [4.69, 9.17) is 4.74 Å². The van der Waals surface area contributed by atoms with E-state index in [0.29, 0.717) is 11.1 Å². The van der Waals surface area contributed by atoms with Gasteiger partial charge in [0.25, 0.3) is 6.43 Å². The number of benzene rings is 4. The first kappa shape index (κ1) is 26.5. The van der Waals surface area contributed by atoms with Gasteiger partial charge in [-0.2, -0.15) is 0 Å². The molecule has 0 bridgehead atoms. The number of halogens is 3. The van der Waals surface area contributed by atoms with Gasteiger partial charge < -0.3 is 4.74 Å². The first-order valence-corrected chi connectivity index (χ1v) is 11.8. The second-order valence-electron chi connectivity index (χ2n) is 8.48. The molecule has 0 amide bonds. The molecule has 4 rings (SSSR count). The number of alkyl halides is 3. The molecule has 0 saturated carbocycles. The van der Waals surface area contributed by atoms with Crippen LogP contribution in [0.25, 0.3) is 0 Å². The Morgan fingerprint density at radius 1 is 0.658 bits per heavy atom. The van der Waals surface area contributed by atoms with Crippen molar-refractivity contribution in [3.8, 4) is 0 Å². The lowest BCUT2D eigenvalue weighted by molar-refractivity contribution is 0.00602. The Kier molecular flexibility index (Phi) is 8.16. The zero-order valence-electron chi connectivity index (χ0n) is 20.4. The maximum absolute atomic E-state index is 16.4. The van der Waals surface area contributed by atoms with Crippen LogP contribution in [0.2, 0.25) is 0 Å². The maximum Gasteiger partial charge on any atom is 0.337 e. The van der Waals surface area contributed by atoms with Gasteiger partial charge in [0.1, 0.15) is 0 Å². The highest BCUT2D eigenvalue weighted by molar-refractivity contribution is 6.13. The van der Waals surface area contributed by atoms with Crippen molar-refractivity contribution >= 4 is 17.5 Å². The number of esters is 1. The van der Waals surface area contributed by atoms with Crippen molar-refractivity contribution in [2.24, 2.45) is 4.99 Å².